The van der Waals surface area contributed by atoms with Gasteiger partial charge in [-0.3, -0.25) is 9.67 Å². The van der Waals surface area contributed by atoms with Gasteiger partial charge in [-0.1, -0.05) is 31.2 Å². The van der Waals surface area contributed by atoms with Crippen molar-refractivity contribution in [1.29, 1.82) is 0 Å². The normalized spacial score (nSPS) is 11.2. The smallest absolute Gasteiger partial charge is 0.0923 e. The number of rotatable bonds is 3. The molecule has 0 saturated heterocycles. The van der Waals surface area contributed by atoms with Crippen LogP contribution >= 0.6 is 0 Å². The first-order valence-corrected chi connectivity index (χ1v) is 7.66. The maximum Gasteiger partial charge on any atom is 0.0923 e. The third-order valence-corrected chi connectivity index (χ3v) is 4.08. The number of hydrogen-bond donors (Lipinski definition) is 0. The van der Waals surface area contributed by atoms with E-state index < -0.39 is 0 Å². The molecular formula is C18H17N5. The van der Waals surface area contributed by atoms with Gasteiger partial charge in [-0.25, -0.2) is 4.52 Å². The van der Waals surface area contributed by atoms with Crippen molar-refractivity contribution in [2.75, 3.05) is 0 Å². The van der Waals surface area contributed by atoms with E-state index in [4.69, 9.17) is 0 Å². The average Bonchev–Trinajstić information content (AvgIpc) is 3.20. The molecule has 0 saturated carbocycles. The zero-order chi connectivity index (χ0) is 15.8. The van der Waals surface area contributed by atoms with Crippen molar-refractivity contribution in [1.82, 2.24) is 24.4 Å². The van der Waals surface area contributed by atoms with Crippen LogP contribution in [0.15, 0.2) is 55.2 Å². The molecule has 0 spiro atoms. The zero-order valence-electron chi connectivity index (χ0n) is 13.1. The standard InChI is InChI=1S/C18H17N5/c1-3-13-4-6-14(7-5-13)16-9-21-23-12-17(19-10-18(16)23)15-8-20-22(2)11-15/h4-12H,3H2,1-2H3. The molecule has 0 amide bonds. The molecule has 0 bridgehead atoms. The van der Waals surface area contributed by atoms with Gasteiger partial charge >= 0.3 is 0 Å². The van der Waals surface area contributed by atoms with Crippen molar-refractivity contribution in [2.45, 2.75) is 13.3 Å². The quantitative estimate of drug-likeness (QED) is 0.583. The molecule has 0 radical (unpaired) electrons. The fourth-order valence-corrected chi connectivity index (χ4v) is 2.73. The van der Waals surface area contributed by atoms with Crippen LogP contribution in [0, 0.1) is 0 Å². The van der Waals surface area contributed by atoms with Gasteiger partial charge in [0.2, 0.25) is 0 Å². The van der Waals surface area contributed by atoms with Crippen LogP contribution in [-0.4, -0.2) is 24.4 Å². The third kappa shape index (κ3) is 2.40. The summed E-state index contributed by atoms with van der Waals surface area (Å²) in [4.78, 5) is 4.57. The van der Waals surface area contributed by atoms with Gasteiger partial charge in [0.05, 0.1) is 36.0 Å². The van der Waals surface area contributed by atoms with Crippen molar-refractivity contribution in [3.05, 3.63) is 60.8 Å². The van der Waals surface area contributed by atoms with Crippen LogP contribution in [0.5, 0.6) is 0 Å². The van der Waals surface area contributed by atoms with Crippen molar-refractivity contribution in [2.24, 2.45) is 7.05 Å². The van der Waals surface area contributed by atoms with E-state index in [1.165, 1.54) is 5.56 Å². The van der Waals surface area contributed by atoms with Crippen molar-refractivity contribution in [3.8, 4) is 22.4 Å². The second kappa shape index (κ2) is 5.35. The molecule has 0 atom stereocenters. The molecule has 3 heterocycles. The molecular weight excluding hydrogens is 286 g/mol. The second-order valence-corrected chi connectivity index (χ2v) is 5.61. The van der Waals surface area contributed by atoms with Gasteiger partial charge in [0, 0.05) is 24.4 Å². The van der Waals surface area contributed by atoms with Gasteiger partial charge in [0.15, 0.2) is 0 Å². The fraction of sp³-hybridized carbons (Fsp3) is 0.167. The number of benzene rings is 1. The third-order valence-electron chi connectivity index (χ3n) is 4.08. The summed E-state index contributed by atoms with van der Waals surface area (Å²) < 4.78 is 3.64. The topological polar surface area (TPSA) is 48.0 Å². The summed E-state index contributed by atoms with van der Waals surface area (Å²) in [7, 11) is 1.90. The molecule has 1 aromatic carbocycles. The largest absolute Gasteiger partial charge is 0.275 e. The lowest BCUT2D eigenvalue weighted by molar-refractivity contribution is 0.768. The number of fused-ring (bicyclic) bond motifs is 1. The summed E-state index contributed by atoms with van der Waals surface area (Å²) in [6, 6.07) is 8.61. The van der Waals surface area contributed by atoms with E-state index in [0.29, 0.717) is 0 Å². The van der Waals surface area contributed by atoms with E-state index in [9.17, 15) is 0 Å². The molecule has 0 fully saturated rings. The molecule has 4 aromatic rings. The Bertz CT molecular complexity index is 963. The Kier molecular flexibility index (Phi) is 3.19. The molecule has 23 heavy (non-hydrogen) atoms. The predicted molar refractivity (Wildman–Crippen MR) is 90.0 cm³/mol. The van der Waals surface area contributed by atoms with Gasteiger partial charge in [0.1, 0.15) is 0 Å². The minimum atomic E-state index is 0.863. The van der Waals surface area contributed by atoms with E-state index in [2.05, 4.69) is 46.4 Å². The van der Waals surface area contributed by atoms with Crippen LogP contribution in [0.25, 0.3) is 27.9 Å². The summed E-state index contributed by atoms with van der Waals surface area (Å²) >= 11 is 0. The van der Waals surface area contributed by atoms with Gasteiger partial charge in [-0.2, -0.15) is 10.2 Å². The first kappa shape index (κ1) is 13.7. The van der Waals surface area contributed by atoms with Crippen molar-refractivity contribution < 1.29 is 0 Å². The van der Waals surface area contributed by atoms with Crippen LogP contribution in [0.2, 0.25) is 0 Å². The highest BCUT2D eigenvalue weighted by atomic mass is 15.2. The Hall–Kier alpha value is -2.95. The Morgan fingerprint density at radius 3 is 2.43 bits per heavy atom. The molecule has 0 N–H and O–H groups in total. The van der Waals surface area contributed by atoms with Gasteiger partial charge in [0.25, 0.3) is 0 Å². The lowest BCUT2D eigenvalue weighted by atomic mass is 10.0. The zero-order valence-corrected chi connectivity index (χ0v) is 13.1. The summed E-state index contributed by atoms with van der Waals surface area (Å²) in [5.41, 5.74) is 6.44. The van der Waals surface area contributed by atoms with Gasteiger partial charge in [-0.05, 0) is 17.5 Å². The highest BCUT2D eigenvalue weighted by molar-refractivity contribution is 5.80. The lowest BCUT2D eigenvalue weighted by Gasteiger charge is -2.02. The summed E-state index contributed by atoms with van der Waals surface area (Å²) in [5.74, 6) is 0. The molecule has 5 heteroatoms. The highest BCUT2D eigenvalue weighted by Gasteiger charge is 2.09. The predicted octanol–water partition coefficient (Wildman–Crippen LogP) is 3.36. The van der Waals surface area contributed by atoms with Crippen LogP contribution in [0.4, 0.5) is 0 Å². The summed E-state index contributed by atoms with van der Waals surface area (Å²) in [6.07, 6.45) is 10.5. The number of aromatic nitrogens is 5. The van der Waals surface area contributed by atoms with Crippen LogP contribution in [0.3, 0.4) is 0 Å². The molecule has 114 valence electrons. The Labute approximate surface area is 134 Å². The van der Waals surface area contributed by atoms with E-state index in [1.807, 2.05) is 42.5 Å². The SMILES string of the molecule is CCc1ccc(-c2cnn3cc(-c4cnn(C)c4)ncc23)cc1. The number of hydrogen-bond acceptors (Lipinski definition) is 3. The molecule has 0 aliphatic heterocycles. The molecule has 0 aliphatic rings. The minimum Gasteiger partial charge on any atom is -0.275 e. The first-order valence-electron chi connectivity index (χ1n) is 7.66. The van der Waals surface area contributed by atoms with Crippen molar-refractivity contribution in [3.63, 3.8) is 0 Å². The van der Waals surface area contributed by atoms with Gasteiger partial charge < -0.3 is 0 Å². The minimum absolute atomic E-state index is 0.863. The maximum absolute atomic E-state index is 4.57. The second-order valence-electron chi connectivity index (χ2n) is 5.61. The van der Waals surface area contributed by atoms with Gasteiger partial charge in [-0.15, -0.1) is 0 Å². The lowest BCUT2D eigenvalue weighted by Crippen LogP contribution is -1.91. The van der Waals surface area contributed by atoms with Crippen molar-refractivity contribution >= 4 is 5.52 Å². The summed E-state index contributed by atoms with van der Waals surface area (Å²) in [6.45, 7) is 2.16. The Morgan fingerprint density at radius 1 is 0.913 bits per heavy atom. The van der Waals surface area contributed by atoms with Crippen LogP contribution in [-0.2, 0) is 13.5 Å². The average molecular weight is 303 g/mol. The molecule has 0 unspecified atom stereocenters. The number of nitrogens with zero attached hydrogens (tertiary/aromatic N) is 5. The Morgan fingerprint density at radius 2 is 1.74 bits per heavy atom. The molecule has 4 rings (SSSR count). The maximum atomic E-state index is 4.57. The van der Waals surface area contributed by atoms with E-state index >= 15 is 0 Å². The highest BCUT2D eigenvalue weighted by Crippen LogP contribution is 2.26. The van der Waals surface area contributed by atoms with E-state index in [0.717, 1.165) is 34.3 Å². The Balaban J connectivity index is 1.77. The van der Waals surface area contributed by atoms with E-state index in [-0.39, 0.29) is 0 Å². The summed E-state index contributed by atoms with van der Waals surface area (Å²) in [5, 5.41) is 8.67. The molecule has 0 aliphatic carbocycles. The fourth-order valence-electron chi connectivity index (χ4n) is 2.73. The monoisotopic (exact) mass is 303 g/mol. The number of aryl methyl sites for hydroxylation is 2. The van der Waals surface area contributed by atoms with Crippen LogP contribution < -0.4 is 0 Å². The van der Waals surface area contributed by atoms with Crippen LogP contribution in [0.1, 0.15) is 12.5 Å². The van der Waals surface area contributed by atoms with E-state index in [1.54, 1.807) is 4.68 Å². The first-order chi connectivity index (χ1) is 11.2. The molecule has 5 nitrogen and oxygen atoms in total. The molecule has 3 aromatic heterocycles.